The van der Waals surface area contributed by atoms with Crippen molar-refractivity contribution < 1.29 is 9.21 Å². The second kappa shape index (κ2) is 6.95. The summed E-state index contributed by atoms with van der Waals surface area (Å²) >= 11 is 0. The Labute approximate surface area is 161 Å². The number of para-hydroxylation sites is 1. The fourth-order valence-electron chi connectivity index (χ4n) is 4.36. The third kappa shape index (κ3) is 3.82. The predicted octanol–water partition coefficient (Wildman–Crippen LogP) is 4.13. The number of benzene rings is 1. The number of amides is 2. The Hall–Kier alpha value is -2.43. The van der Waals surface area contributed by atoms with Gasteiger partial charge >= 0.3 is 6.03 Å². The molecule has 1 atom stereocenters. The minimum atomic E-state index is 0.0286. The number of piperazine rings is 1. The number of carbonyl (C=O) groups is 1. The van der Waals surface area contributed by atoms with Gasteiger partial charge in [-0.2, -0.15) is 0 Å². The highest BCUT2D eigenvalue weighted by atomic mass is 16.3. The largest absolute Gasteiger partial charge is 0.466 e. The number of hydrogen-bond donors (Lipinski definition) is 1. The quantitative estimate of drug-likeness (QED) is 0.868. The number of carbonyl (C=O) groups excluding carboxylic acids is 1. The molecule has 2 heterocycles. The highest BCUT2D eigenvalue weighted by molar-refractivity contribution is 5.75. The molecule has 5 nitrogen and oxygen atoms in total. The average Bonchev–Trinajstić information content (AvgIpc) is 3.01. The molecule has 0 spiro atoms. The molecule has 1 fully saturated rings. The third-order valence-electron chi connectivity index (χ3n) is 5.72. The van der Waals surface area contributed by atoms with Crippen molar-refractivity contribution in [3.8, 4) is 0 Å². The van der Waals surface area contributed by atoms with Crippen LogP contribution in [-0.2, 0) is 6.42 Å². The summed E-state index contributed by atoms with van der Waals surface area (Å²) in [6, 6.07) is 12.6. The Morgan fingerprint density at radius 2 is 1.85 bits per heavy atom. The first kappa shape index (κ1) is 18.0. The smallest absolute Gasteiger partial charge is 0.318 e. The topological polar surface area (TPSA) is 48.7 Å². The predicted molar refractivity (Wildman–Crippen MR) is 107 cm³/mol. The highest BCUT2D eigenvalue weighted by Crippen LogP contribution is 2.42. The van der Waals surface area contributed by atoms with Gasteiger partial charge in [-0.1, -0.05) is 32.0 Å². The summed E-state index contributed by atoms with van der Waals surface area (Å²) in [4.78, 5) is 17.2. The van der Waals surface area contributed by atoms with E-state index in [0.29, 0.717) is 0 Å². The van der Waals surface area contributed by atoms with Crippen LogP contribution in [0.25, 0.3) is 0 Å². The van der Waals surface area contributed by atoms with E-state index in [0.717, 1.165) is 56.1 Å². The Kier molecular flexibility index (Phi) is 4.62. The van der Waals surface area contributed by atoms with Crippen molar-refractivity contribution in [3.05, 3.63) is 53.5 Å². The Morgan fingerprint density at radius 1 is 1.15 bits per heavy atom. The molecular formula is C22H29N3O2. The monoisotopic (exact) mass is 367 g/mol. The summed E-state index contributed by atoms with van der Waals surface area (Å²) in [7, 11) is 0. The molecule has 2 amide bonds. The molecule has 1 unspecified atom stereocenters. The summed E-state index contributed by atoms with van der Waals surface area (Å²) in [6.45, 7) is 9.68. The van der Waals surface area contributed by atoms with E-state index >= 15 is 0 Å². The van der Waals surface area contributed by atoms with Crippen LogP contribution in [-0.4, -0.2) is 37.1 Å². The Morgan fingerprint density at radius 3 is 2.56 bits per heavy atom. The fraction of sp³-hybridized carbons (Fsp3) is 0.500. The first-order valence-electron chi connectivity index (χ1n) is 9.86. The van der Waals surface area contributed by atoms with Crippen LogP contribution >= 0.6 is 0 Å². The first-order valence-corrected chi connectivity index (χ1v) is 9.86. The average molecular weight is 367 g/mol. The molecule has 2 aromatic rings. The molecule has 1 aliphatic carbocycles. The van der Waals surface area contributed by atoms with E-state index in [1.165, 1.54) is 5.69 Å². The summed E-state index contributed by atoms with van der Waals surface area (Å²) in [5, 5.41) is 3.28. The lowest BCUT2D eigenvalue weighted by Crippen LogP contribution is -2.52. The van der Waals surface area contributed by atoms with Crippen molar-refractivity contribution in [1.29, 1.82) is 0 Å². The Bertz CT molecular complexity index is 804. The fourth-order valence-corrected chi connectivity index (χ4v) is 4.36. The molecule has 1 aliphatic heterocycles. The molecule has 4 rings (SSSR count). The summed E-state index contributed by atoms with van der Waals surface area (Å²) in [6.07, 6.45) is 1.87. The third-order valence-corrected chi connectivity index (χ3v) is 5.72. The van der Waals surface area contributed by atoms with Crippen LogP contribution in [0, 0.1) is 12.3 Å². The van der Waals surface area contributed by atoms with Gasteiger partial charge in [0.15, 0.2) is 0 Å². The van der Waals surface area contributed by atoms with E-state index < -0.39 is 0 Å². The molecule has 2 aliphatic rings. The Balaban J connectivity index is 1.40. The zero-order valence-corrected chi connectivity index (χ0v) is 16.5. The van der Waals surface area contributed by atoms with E-state index in [1.807, 2.05) is 17.9 Å². The number of rotatable bonds is 2. The maximum atomic E-state index is 12.9. The van der Waals surface area contributed by atoms with Gasteiger partial charge in [-0.15, -0.1) is 0 Å². The summed E-state index contributed by atoms with van der Waals surface area (Å²) in [5.41, 5.74) is 2.51. The summed E-state index contributed by atoms with van der Waals surface area (Å²) in [5.74, 6) is 1.95. The molecule has 0 saturated carbocycles. The zero-order chi connectivity index (χ0) is 19.0. The first-order chi connectivity index (χ1) is 12.9. The highest BCUT2D eigenvalue weighted by Gasteiger charge is 2.36. The molecule has 1 aromatic heterocycles. The van der Waals surface area contributed by atoms with Crippen LogP contribution < -0.4 is 10.2 Å². The zero-order valence-electron chi connectivity index (χ0n) is 16.5. The van der Waals surface area contributed by atoms with E-state index in [1.54, 1.807) is 0 Å². The number of aryl methyl sites for hydroxylation is 1. The number of nitrogens with one attached hydrogen (secondary N) is 1. The van der Waals surface area contributed by atoms with Crippen molar-refractivity contribution in [1.82, 2.24) is 10.2 Å². The van der Waals surface area contributed by atoms with E-state index in [4.69, 9.17) is 4.42 Å². The van der Waals surface area contributed by atoms with Crippen LogP contribution in [0.5, 0.6) is 0 Å². The van der Waals surface area contributed by atoms with Gasteiger partial charge in [0.2, 0.25) is 0 Å². The van der Waals surface area contributed by atoms with Gasteiger partial charge in [-0.3, -0.25) is 0 Å². The SMILES string of the molecule is Cc1cc2c(o1)CC(C)(C)CC2NC(=O)N1CCN(c2ccccc2)CC1. The lowest BCUT2D eigenvalue weighted by atomic mass is 9.75. The normalized spacial score (nSPS) is 21.7. The number of anilines is 1. The summed E-state index contributed by atoms with van der Waals surface area (Å²) < 4.78 is 5.89. The van der Waals surface area contributed by atoms with Crippen LogP contribution in [0.2, 0.25) is 0 Å². The van der Waals surface area contributed by atoms with Crippen molar-refractivity contribution in [2.45, 2.75) is 39.7 Å². The van der Waals surface area contributed by atoms with E-state index in [9.17, 15) is 4.79 Å². The molecule has 1 saturated heterocycles. The van der Waals surface area contributed by atoms with Gasteiger partial charge in [-0.25, -0.2) is 4.79 Å². The van der Waals surface area contributed by atoms with Crippen LogP contribution in [0.3, 0.4) is 0 Å². The van der Waals surface area contributed by atoms with Gasteiger partial charge in [0.05, 0.1) is 6.04 Å². The van der Waals surface area contributed by atoms with Crippen molar-refractivity contribution in [2.75, 3.05) is 31.1 Å². The lowest BCUT2D eigenvalue weighted by molar-refractivity contribution is 0.178. The number of nitrogens with zero attached hydrogens (tertiary/aromatic N) is 2. The number of hydrogen-bond acceptors (Lipinski definition) is 3. The number of fused-ring (bicyclic) bond motifs is 1. The van der Waals surface area contributed by atoms with Gasteiger partial charge in [0.25, 0.3) is 0 Å². The maximum absolute atomic E-state index is 12.9. The molecule has 5 heteroatoms. The number of furan rings is 1. The lowest BCUT2D eigenvalue weighted by Gasteiger charge is -2.39. The van der Waals surface area contributed by atoms with Crippen molar-refractivity contribution in [3.63, 3.8) is 0 Å². The molecule has 1 N–H and O–H groups in total. The second-order valence-electron chi connectivity index (χ2n) is 8.59. The molecule has 144 valence electrons. The van der Waals surface area contributed by atoms with E-state index in [-0.39, 0.29) is 17.5 Å². The standard InChI is InChI=1S/C22H29N3O2/c1-16-13-18-19(14-22(2,3)15-20(18)27-16)23-21(26)25-11-9-24(10-12-25)17-7-5-4-6-8-17/h4-8,13,19H,9-12,14-15H2,1-3H3,(H,23,26). The minimum absolute atomic E-state index is 0.0286. The minimum Gasteiger partial charge on any atom is -0.466 e. The van der Waals surface area contributed by atoms with Gasteiger partial charge in [0, 0.05) is 43.9 Å². The molecule has 0 radical (unpaired) electrons. The molecular weight excluding hydrogens is 338 g/mol. The second-order valence-corrected chi connectivity index (χ2v) is 8.59. The molecule has 1 aromatic carbocycles. The van der Waals surface area contributed by atoms with Gasteiger partial charge in [-0.05, 0) is 37.0 Å². The van der Waals surface area contributed by atoms with Gasteiger partial charge < -0.3 is 19.5 Å². The van der Waals surface area contributed by atoms with Crippen LogP contribution in [0.15, 0.2) is 40.8 Å². The van der Waals surface area contributed by atoms with Crippen molar-refractivity contribution >= 4 is 11.7 Å². The van der Waals surface area contributed by atoms with Gasteiger partial charge in [0.1, 0.15) is 11.5 Å². The van der Waals surface area contributed by atoms with E-state index in [2.05, 4.69) is 54.4 Å². The van der Waals surface area contributed by atoms with Crippen LogP contribution in [0.1, 0.15) is 43.4 Å². The maximum Gasteiger partial charge on any atom is 0.318 e. The molecule has 0 bridgehead atoms. The van der Waals surface area contributed by atoms with Crippen molar-refractivity contribution in [2.24, 2.45) is 5.41 Å². The number of urea groups is 1. The molecule has 27 heavy (non-hydrogen) atoms. The van der Waals surface area contributed by atoms with Crippen LogP contribution in [0.4, 0.5) is 10.5 Å².